The van der Waals surface area contributed by atoms with Crippen LogP contribution in [-0.2, 0) is 24.4 Å². The van der Waals surface area contributed by atoms with Crippen LogP contribution in [0.2, 0.25) is 5.02 Å². The van der Waals surface area contributed by atoms with Crippen molar-refractivity contribution in [1.82, 2.24) is 15.2 Å². The molecule has 0 saturated carbocycles. The summed E-state index contributed by atoms with van der Waals surface area (Å²) >= 11 is 7.27. The predicted octanol–water partition coefficient (Wildman–Crippen LogP) is 5.33. The van der Waals surface area contributed by atoms with Crippen molar-refractivity contribution >= 4 is 34.8 Å². The van der Waals surface area contributed by atoms with Gasteiger partial charge in [-0.1, -0.05) is 72.3 Å². The monoisotopic (exact) mass is 505 g/mol. The summed E-state index contributed by atoms with van der Waals surface area (Å²) in [6.45, 7) is 0.977. The number of thiazole rings is 1. The molecule has 3 aromatic carbocycles. The van der Waals surface area contributed by atoms with E-state index in [1.807, 2.05) is 60.7 Å². The van der Waals surface area contributed by atoms with Crippen LogP contribution < -0.4 is 10.1 Å². The maximum absolute atomic E-state index is 13.1. The summed E-state index contributed by atoms with van der Waals surface area (Å²) in [7, 11) is 0. The lowest BCUT2D eigenvalue weighted by Crippen LogP contribution is -2.34. The minimum atomic E-state index is -0.247. The number of rotatable bonds is 10. The van der Waals surface area contributed by atoms with Crippen molar-refractivity contribution in [3.63, 3.8) is 0 Å². The van der Waals surface area contributed by atoms with E-state index >= 15 is 0 Å². The number of benzene rings is 3. The molecule has 1 N–H and O–H groups in total. The molecule has 6 nitrogen and oxygen atoms in total. The third kappa shape index (κ3) is 7.40. The molecule has 0 bridgehead atoms. The third-order valence-electron chi connectivity index (χ3n) is 5.15. The Hall–Kier alpha value is -3.68. The first-order valence-corrected chi connectivity index (χ1v) is 12.3. The molecule has 178 valence electrons. The van der Waals surface area contributed by atoms with Crippen molar-refractivity contribution in [3.8, 4) is 5.75 Å². The van der Waals surface area contributed by atoms with E-state index in [0.717, 1.165) is 11.1 Å². The lowest BCUT2D eigenvalue weighted by molar-refractivity contribution is -0.134. The molecule has 8 heteroatoms. The summed E-state index contributed by atoms with van der Waals surface area (Å²) in [5.41, 5.74) is 2.34. The summed E-state index contributed by atoms with van der Waals surface area (Å²) in [5, 5.41) is 5.87. The third-order valence-corrected chi connectivity index (χ3v) is 6.24. The highest BCUT2D eigenvalue weighted by Crippen LogP contribution is 2.18. The molecule has 35 heavy (non-hydrogen) atoms. The van der Waals surface area contributed by atoms with Crippen molar-refractivity contribution in [3.05, 3.63) is 117 Å². The van der Waals surface area contributed by atoms with Crippen LogP contribution in [0.15, 0.2) is 90.3 Å². The Morgan fingerprint density at radius 3 is 2.23 bits per heavy atom. The molecule has 0 saturated heterocycles. The predicted molar refractivity (Wildman–Crippen MR) is 137 cm³/mol. The van der Waals surface area contributed by atoms with Crippen molar-refractivity contribution < 1.29 is 14.3 Å². The van der Waals surface area contributed by atoms with Crippen LogP contribution in [0.4, 0.5) is 0 Å². The van der Waals surface area contributed by atoms with Gasteiger partial charge < -0.3 is 15.0 Å². The van der Waals surface area contributed by atoms with E-state index in [-0.39, 0.29) is 25.0 Å². The van der Waals surface area contributed by atoms with E-state index in [2.05, 4.69) is 10.3 Å². The van der Waals surface area contributed by atoms with Gasteiger partial charge in [-0.25, -0.2) is 4.98 Å². The van der Waals surface area contributed by atoms with Crippen molar-refractivity contribution in [2.75, 3.05) is 6.61 Å². The molecule has 4 aromatic rings. The van der Waals surface area contributed by atoms with Gasteiger partial charge in [-0.15, -0.1) is 11.3 Å². The van der Waals surface area contributed by atoms with Gasteiger partial charge in [0.05, 0.1) is 6.54 Å². The van der Waals surface area contributed by atoms with Gasteiger partial charge in [-0.3, -0.25) is 9.59 Å². The summed E-state index contributed by atoms with van der Waals surface area (Å²) in [5.74, 6) is 0.131. The molecule has 1 aromatic heterocycles. The second kappa shape index (κ2) is 12.1. The lowest BCUT2D eigenvalue weighted by atomic mass is 10.2. The maximum atomic E-state index is 13.1. The standard InChI is InChI=1S/C27H24ClN3O3S/c28-22-11-13-23(14-12-22)34-18-26(32)31(16-21-9-5-2-6-10-21)17-25-30-24(19-35-25)27(33)29-15-20-7-3-1-4-8-20/h1-14,19H,15-18H2,(H,29,33). The van der Waals surface area contributed by atoms with E-state index < -0.39 is 0 Å². The van der Waals surface area contributed by atoms with Crippen LogP contribution in [0.3, 0.4) is 0 Å². The first-order valence-electron chi connectivity index (χ1n) is 11.0. The number of halogens is 1. The summed E-state index contributed by atoms with van der Waals surface area (Å²) in [6.07, 6.45) is 0. The van der Waals surface area contributed by atoms with Gasteiger partial charge in [0, 0.05) is 23.5 Å². The number of hydrogen-bond acceptors (Lipinski definition) is 5. The number of ether oxygens (including phenoxy) is 1. The number of hydrogen-bond donors (Lipinski definition) is 1. The minimum Gasteiger partial charge on any atom is -0.484 e. The Kier molecular flexibility index (Phi) is 8.48. The fraction of sp³-hybridized carbons (Fsp3) is 0.148. The molecule has 0 spiro atoms. The Labute approximate surface area is 213 Å². The quantitative estimate of drug-likeness (QED) is 0.316. The van der Waals surface area contributed by atoms with E-state index in [1.165, 1.54) is 11.3 Å². The zero-order chi connectivity index (χ0) is 24.5. The smallest absolute Gasteiger partial charge is 0.271 e. The normalized spacial score (nSPS) is 10.5. The van der Waals surface area contributed by atoms with Gasteiger partial charge in [0.15, 0.2) is 6.61 Å². The molecule has 4 rings (SSSR count). The Bertz CT molecular complexity index is 1250. The molecule has 0 fully saturated rings. The molecule has 0 atom stereocenters. The Morgan fingerprint density at radius 1 is 0.886 bits per heavy atom. The zero-order valence-electron chi connectivity index (χ0n) is 18.9. The summed E-state index contributed by atoms with van der Waals surface area (Å²) < 4.78 is 5.67. The number of carbonyl (C=O) groups excluding carboxylic acids is 2. The van der Waals surface area contributed by atoms with Crippen LogP contribution in [-0.4, -0.2) is 28.3 Å². The lowest BCUT2D eigenvalue weighted by Gasteiger charge is -2.22. The average Bonchev–Trinajstić information content (AvgIpc) is 3.36. The fourth-order valence-electron chi connectivity index (χ4n) is 3.32. The van der Waals surface area contributed by atoms with Gasteiger partial charge in [-0.05, 0) is 35.4 Å². The first-order chi connectivity index (χ1) is 17.1. The molecule has 0 aliphatic carbocycles. The van der Waals surface area contributed by atoms with E-state index in [0.29, 0.717) is 34.6 Å². The van der Waals surface area contributed by atoms with Crippen LogP contribution in [0.1, 0.15) is 26.6 Å². The largest absolute Gasteiger partial charge is 0.484 e. The number of aromatic nitrogens is 1. The van der Waals surface area contributed by atoms with Crippen LogP contribution in [0.25, 0.3) is 0 Å². The first kappa shape index (κ1) is 24.4. The van der Waals surface area contributed by atoms with E-state index in [4.69, 9.17) is 16.3 Å². The Balaban J connectivity index is 1.40. The van der Waals surface area contributed by atoms with Crippen molar-refractivity contribution in [1.29, 1.82) is 0 Å². The van der Waals surface area contributed by atoms with Crippen LogP contribution >= 0.6 is 22.9 Å². The summed E-state index contributed by atoms with van der Waals surface area (Å²) in [6, 6.07) is 26.3. The summed E-state index contributed by atoms with van der Waals surface area (Å²) in [4.78, 5) is 31.8. The fourth-order valence-corrected chi connectivity index (χ4v) is 4.24. The van der Waals surface area contributed by atoms with Gasteiger partial charge in [0.25, 0.3) is 11.8 Å². The molecule has 1 heterocycles. The second-order valence-corrected chi connectivity index (χ2v) is 9.15. The number of carbonyl (C=O) groups is 2. The molecule has 0 aliphatic heterocycles. The minimum absolute atomic E-state index is 0.121. The van der Waals surface area contributed by atoms with Crippen LogP contribution in [0.5, 0.6) is 5.75 Å². The molecule has 0 aliphatic rings. The van der Waals surface area contributed by atoms with Crippen LogP contribution in [0, 0.1) is 0 Å². The van der Waals surface area contributed by atoms with Gasteiger partial charge in [0.2, 0.25) is 0 Å². The van der Waals surface area contributed by atoms with Gasteiger partial charge in [-0.2, -0.15) is 0 Å². The Morgan fingerprint density at radius 2 is 1.54 bits per heavy atom. The van der Waals surface area contributed by atoms with Crippen molar-refractivity contribution in [2.24, 2.45) is 0 Å². The number of amides is 2. The number of nitrogens with zero attached hydrogens (tertiary/aromatic N) is 2. The molecular weight excluding hydrogens is 482 g/mol. The highest BCUT2D eigenvalue weighted by molar-refractivity contribution is 7.09. The molecular formula is C27H24ClN3O3S. The maximum Gasteiger partial charge on any atom is 0.271 e. The van der Waals surface area contributed by atoms with Gasteiger partial charge >= 0.3 is 0 Å². The highest BCUT2D eigenvalue weighted by Gasteiger charge is 2.19. The second-order valence-electron chi connectivity index (χ2n) is 7.77. The van der Waals surface area contributed by atoms with Crippen molar-refractivity contribution in [2.45, 2.75) is 19.6 Å². The molecule has 0 unspecified atom stereocenters. The number of nitrogens with one attached hydrogen (secondary N) is 1. The molecule has 0 radical (unpaired) electrons. The highest BCUT2D eigenvalue weighted by atomic mass is 35.5. The topological polar surface area (TPSA) is 71.5 Å². The SMILES string of the molecule is O=C(NCc1ccccc1)c1csc(CN(Cc2ccccc2)C(=O)COc2ccc(Cl)cc2)n1. The average molecular weight is 506 g/mol. The van der Waals surface area contributed by atoms with E-state index in [9.17, 15) is 9.59 Å². The zero-order valence-corrected chi connectivity index (χ0v) is 20.5. The van der Waals surface area contributed by atoms with E-state index in [1.54, 1.807) is 34.5 Å². The molecule has 2 amide bonds. The van der Waals surface area contributed by atoms with Gasteiger partial charge in [0.1, 0.15) is 16.5 Å².